The number of aliphatic hydroxyl groups excluding tert-OH is 3. The van der Waals surface area contributed by atoms with E-state index in [0.29, 0.717) is 6.54 Å². The number of esters is 1. The zero-order valence-electron chi connectivity index (χ0n) is 50.5. The second-order valence-corrected chi connectivity index (χ2v) is 26.0. The molecule has 4 aliphatic heterocycles. The van der Waals surface area contributed by atoms with Crippen LogP contribution >= 0.6 is 43.2 Å². The first-order valence-electron chi connectivity index (χ1n) is 28.1. The minimum absolute atomic E-state index is 0.0845. The summed E-state index contributed by atoms with van der Waals surface area (Å²) < 4.78 is 77.7. The molecule has 88 heavy (non-hydrogen) atoms. The van der Waals surface area contributed by atoms with Gasteiger partial charge in [0.05, 0.1) is 99.8 Å². The minimum Gasteiger partial charge on any atom is -0.493 e. The monoisotopic (exact) mass is 1310 g/mol. The number of hydroxylamine groups is 1. The fourth-order valence-electron chi connectivity index (χ4n) is 10.7. The standard InChI is InChI=1S/C58H78N4O22S4/c1-13-59-35-27-76-42(25-38(35)72-7)82-51-49(65)46(62-84-44-24-36(63)52(85-11)30(4)78-44)28(2)79-56(51)81-37-18-16-14-15-17-20-58(70)33(19-21-87-88-86-12)45(37)47(61-57(69)75-10)50(66)53(58)83-43-26-41(48(64)29(3)77-43)80-55(68)32-22-39(73-8)40(74-9)23-34(32)60-54(67)31(5)71-6/h14-15,19,22-23,28-30,35-38,41-44,46,48-49,51-53,56,59,62-65,70H,5,13,21,24-27H2,1-4,6-12H3,(H,60,67)(H,61,69)/b15-14+,33-19+/t28-,29+,30-,35+,36+,37+,38+,41+,42+,43+,44+,46-,48-,49+,51-,52-,53-,56+,58-/m1/s1. The quantitative estimate of drug-likeness (QED) is 0.0133. The van der Waals surface area contributed by atoms with Gasteiger partial charge in [-0.05, 0) is 61.8 Å². The van der Waals surface area contributed by atoms with Crippen LogP contribution in [0, 0.1) is 23.7 Å². The fraction of sp³-hybridized carbons (Fsp3) is 0.621. The van der Waals surface area contributed by atoms with E-state index in [-0.39, 0.29) is 82.3 Å². The van der Waals surface area contributed by atoms with E-state index in [4.69, 9.17) is 66.4 Å². The lowest BCUT2D eigenvalue weighted by molar-refractivity contribution is -0.336. The highest BCUT2D eigenvalue weighted by Crippen LogP contribution is 2.44. The third-order valence-corrected chi connectivity index (χ3v) is 20.1. The third kappa shape index (κ3) is 16.9. The number of carbonyl (C=O) groups excluding carboxylic acids is 4. The number of thioether (sulfide) groups is 1. The van der Waals surface area contributed by atoms with Gasteiger partial charge in [0, 0.05) is 55.4 Å². The Morgan fingerprint density at radius 2 is 1.57 bits per heavy atom. The third-order valence-electron chi connectivity index (χ3n) is 15.2. The van der Waals surface area contributed by atoms with E-state index < -0.39 is 134 Å². The van der Waals surface area contributed by atoms with Crippen LogP contribution < -0.4 is 30.9 Å². The molecule has 30 heteroatoms. The molecule has 4 saturated heterocycles. The molecule has 0 unspecified atom stereocenters. The van der Waals surface area contributed by atoms with Gasteiger partial charge in [-0.15, -0.1) is 0 Å². The number of methoxy groups -OCH3 is 5. The number of anilines is 1. The molecule has 26 nitrogen and oxygen atoms in total. The van der Waals surface area contributed by atoms with Gasteiger partial charge in [-0.3, -0.25) is 19.7 Å². The van der Waals surface area contributed by atoms with E-state index in [1.807, 2.05) is 26.4 Å². The van der Waals surface area contributed by atoms with Crippen molar-refractivity contribution in [1.82, 2.24) is 16.1 Å². The number of ether oxygens (including phenoxy) is 13. The maximum atomic E-state index is 15.6. The first kappa shape index (κ1) is 70.8. The molecular formula is C58H78N4O22S4. The van der Waals surface area contributed by atoms with Crippen LogP contribution in [0.15, 0.2) is 59.5 Å². The topological polar surface area (TPSA) is 327 Å². The van der Waals surface area contributed by atoms with Crippen LogP contribution in [0.4, 0.5) is 10.5 Å². The zero-order chi connectivity index (χ0) is 64.0. The molecule has 1 aromatic rings. The predicted molar refractivity (Wildman–Crippen MR) is 325 cm³/mol. The van der Waals surface area contributed by atoms with Crippen molar-refractivity contribution in [2.75, 3.05) is 72.3 Å². The second kappa shape index (κ2) is 33.1. The smallest absolute Gasteiger partial charge is 0.411 e. The van der Waals surface area contributed by atoms with Gasteiger partial charge in [-0.1, -0.05) is 64.8 Å². The number of amides is 2. The molecule has 1 aromatic carbocycles. The van der Waals surface area contributed by atoms with Gasteiger partial charge in [0.1, 0.15) is 30.5 Å². The van der Waals surface area contributed by atoms with Crippen LogP contribution in [0.1, 0.15) is 57.3 Å². The summed E-state index contributed by atoms with van der Waals surface area (Å²) in [6.45, 7) is 11.2. The Labute approximate surface area is 526 Å². The highest BCUT2D eigenvalue weighted by molar-refractivity contribution is 9.09. The van der Waals surface area contributed by atoms with Crippen molar-refractivity contribution < 1.29 is 106 Å². The number of alkyl carbamates (subject to hydrolysis) is 1. The summed E-state index contributed by atoms with van der Waals surface area (Å²) in [4.78, 5) is 62.4. The van der Waals surface area contributed by atoms with Crippen molar-refractivity contribution in [3.05, 3.63) is 65.1 Å². The highest BCUT2D eigenvalue weighted by Gasteiger charge is 2.57. The first-order valence-corrected chi connectivity index (χ1v) is 33.4. The number of benzene rings is 1. The van der Waals surface area contributed by atoms with Gasteiger partial charge in [0.2, 0.25) is 5.78 Å². The molecule has 2 amide bonds. The largest absolute Gasteiger partial charge is 0.493 e. The number of nitrogens with one attached hydrogen (secondary N) is 4. The molecule has 0 saturated carbocycles. The van der Waals surface area contributed by atoms with Crippen LogP contribution in [-0.4, -0.2) is 226 Å². The molecular weight excluding hydrogens is 1230 g/mol. The van der Waals surface area contributed by atoms with E-state index in [2.05, 4.69) is 51.7 Å². The molecule has 0 aromatic heterocycles. The van der Waals surface area contributed by atoms with Gasteiger partial charge in [-0.2, -0.15) is 17.2 Å². The number of aliphatic hydroxyl groups is 4. The summed E-state index contributed by atoms with van der Waals surface area (Å²) in [5.74, 6) is 8.59. The van der Waals surface area contributed by atoms with Crippen LogP contribution in [0.2, 0.25) is 0 Å². The van der Waals surface area contributed by atoms with Gasteiger partial charge in [0.15, 0.2) is 54.1 Å². The molecule has 0 spiro atoms. The number of carbonyl (C=O) groups is 4. The Hall–Kier alpha value is -4.62. The summed E-state index contributed by atoms with van der Waals surface area (Å²) >= 11 is 1.47. The molecule has 7 rings (SSSR count). The normalized spacial score (nSPS) is 34.6. The number of hydrogen-bond acceptors (Lipinski definition) is 28. The van der Waals surface area contributed by atoms with Crippen LogP contribution in [-0.2, 0) is 66.5 Å². The zero-order valence-corrected chi connectivity index (χ0v) is 53.8. The van der Waals surface area contributed by atoms with Crippen molar-refractivity contribution >= 4 is 72.6 Å². The van der Waals surface area contributed by atoms with Gasteiger partial charge >= 0.3 is 12.1 Å². The lowest BCUT2D eigenvalue weighted by Crippen LogP contribution is -2.65. The molecule has 2 aliphatic carbocycles. The molecule has 4 fully saturated rings. The number of rotatable bonds is 25. The van der Waals surface area contributed by atoms with Gasteiger partial charge in [-0.25, -0.2) is 9.59 Å². The maximum Gasteiger partial charge on any atom is 0.411 e. The summed E-state index contributed by atoms with van der Waals surface area (Å²) in [5, 5.41) is 56.7. The lowest BCUT2D eigenvalue weighted by Gasteiger charge is -2.47. The molecule has 4 heterocycles. The van der Waals surface area contributed by atoms with E-state index in [1.54, 1.807) is 20.1 Å². The molecule has 2 bridgehead atoms. The fourth-order valence-corrected chi connectivity index (χ4v) is 13.9. The molecule has 19 atom stereocenters. The average molecular weight is 1310 g/mol. The second-order valence-electron chi connectivity index (χ2n) is 20.6. The lowest BCUT2D eigenvalue weighted by atomic mass is 9.73. The maximum absolute atomic E-state index is 15.6. The van der Waals surface area contributed by atoms with Crippen LogP contribution in [0.25, 0.3) is 0 Å². The Balaban J connectivity index is 1.27. The summed E-state index contributed by atoms with van der Waals surface area (Å²) in [7, 11) is 10.8. The van der Waals surface area contributed by atoms with Crippen LogP contribution in [0.5, 0.6) is 11.5 Å². The number of fused-ring (bicyclic) bond motifs is 2. The van der Waals surface area contributed by atoms with Crippen molar-refractivity contribution in [3.63, 3.8) is 0 Å². The van der Waals surface area contributed by atoms with Crippen molar-refractivity contribution in [1.29, 1.82) is 0 Å². The highest BCUT2D eigenvalue weighted by atomic mass is 33.5. The summed E-state index contributed by atoms with van der Waals surface area (Å²) in [6.07, 6.45) is -11.7. The summed E-state index contributed by atoms with van der Waals surface area (Å²) in [5.41, 5.74) is -0.949. The van der Waals surface area contributed by atoms with Gasteiger partial charge in [0.25, 0.3) is 5.91 Å². The SMILES string of the molecule is C=C(OC)C(=O)Nc1cc(OC)c(OC)cc1C(=O)O[C@H]1C[C@H](O[C@@H]2C(=O)C(NC(=O)OC)=C3/C(=C\CSSSC)[C@]2(O)C#C/C=C/C#C[C@@H]3O[C@@H]2O[C@H](C)[C@@H](NO[C@H]3C[C@H](O)[C@H](SC)[C@@H](C)O3)[C@H](O)[C@H]2O[C@H]2C[C@H](OC)[C@@H](NCC)CO2)O[C@@H](C)[C@H]1O. The number of likely N-dealkylation sites (N-methyl/N-ethyl adjacent to an activating group) is 1. The van der Waals surface area contributed by atoms with E-state index in [0.717, 1.165) is 7.11 Å². The first-order chi connectivity index (χ1) is 42.2. The minimum atomic E-state index is -2.66. The molecule has 6 aliphatic rings. The number of hydrogen-bond donors (Lipinski definition) is 8. The van der Waals surface area contributed by atoms with E-state index in [9.17, 15) is 34.8 Å². The van der Waals surface area contributed by atoms with Crippen molar-refractivity contribution in [2.24, 2.45) is 0 Å². The Morgan fingerprint density at radius 1 is 0.852 bits per heavy atom. The van der Waals surface area contributed by atoms with E-state index >= 15 is 4.79 Å². The molecule has 8 N–H and O–H groups in total. The Bertz CT molecular complexity index is 2850. The van der Waals surface area contributed by atoms with E-state index in [1.165, 1.54) is 95.7 Å². The van der Waals surface area contributed by atoms with Crippen LogP contribution in [0.3, 0.4) is 0 Å². The van der Waals surface area contributed by atoms with Crippen molar-refractivity contribution in [2.45, 2.75) is 162 Å². The van der Waals surface area contributed by atoms with Gasteiger partial charge < -0.3 is 92.6 Å². The number of Topliss-reactive ketones (excluding diaryl/α,β-unsaturated/α-hetero) is 1. The number of allylic oxidation sites excluding steroid dienone is 2. The average Bonchev–Trinajstić information content (AvgIpc) is 1.02. The Kier molecular flexibility index (Phi) is 26.6. The molecule has 486 valence electrons. The number of ketones is 1. The molecule has 0 radical (unpaired) electrons. The summed E-state index contributed by atoms with van der Waals surface area (Å²) in [6, 6.07) is 1.33. The predicted octanol–water partition coefficient (Wildman–Crippen LogP) is 3.03. The Morgan fingerprint density at radius 3 is 2.24 bits per heavy atom. The van der Waals surface area contributed by atoms with Crippen molar-refractivity contribution in [3.8, 4) is 35.2 Å².